The van der Waals surface area contributed by atoms with Gasteiger partial charge in [0.25, 0.3) is 11.6 Å². The van der Waals surface area contributed by atoms with Gasteiger partial charge in [-0.3, -0.25) is 14.9 Å². The summed E-state index contributed by atoms with van der Waals surface area (Å²) >= 11 is 0. The fraction of sp³-hybridized carbons (Fsp3) is 0.600. The Morgan fingerprint density at radius 1 is 1.17 bits per heavy atom. The number of carbonyl (C=O) groups excluding carboxylic acids is 2. The zero-order valence-electron chi connectivity index (χ0n) is 16.9. The van der Waals surface area contributed by atoms with Crippen LogP contribution in [0.2, 0.25) is 0 Å². The van der Waals surface area contributed by atoms with Crippen LogP contribution < -0.4 is 0 Å². The number of nitro benzene ring substituents is 1. The van der Waals surface area contributed by atoms with Crippen molar-refractivity contribution in [3.63, 3.8) is 0 Å². The topological polar surface area (TPSA) is 124 Å². The molecule has 1 heterocycles. The van der Waals surface area contributed by atoms with Crippen LogP contribution >= 0.6 is 0 Å². The van der Waals surface area contributed by atoms with Crippen LogP contribution in [0.25, 0.3) is 0 Å². The molecule has 1 aliphatic carbocycles. The van der Waals surface area contributed by atoms with Gasteiger partial charge in [-0.25, -0.2) is 13.2 Å². The molecule has 1 unspecified atom stereocenters. The monoisotopic (exact) mass is 438 g/mol. The highest BCUT2D eigenvalue weighted by molar-refractivity contribution is 7.91. The maximum Gasteiger partial charge on any atom is 0.338 e. The van der Waals surface area contributed by atoms with E-state index in [0.29, 0.717) is 12.0 Å². The predicted octanol–water partition coefficient (Wildman–Crippen LogP) is 2.41. The Morgan fingerprint density at radius 3 is 2.43 bits per heavy atom. The van der Waals surface area contributed by atoms with Crippen LogP contribution in [0.4, 0.5) is 5.69 Å². The second kappa shape index (κ2) is 9.11. The summed E-state index contributed by atoms with van der Waals surface area (Å²) in [6.45, 7) is 1.04. The van der Waals surface area contributed by atoms with E-state index in [-0.39, 0.29) is 34.8 Å². The highest BCUT2D eigenvalue weighted by Crippen LogP contribution is 2.28. The van der Waals surface area contributed by atoms with E-state index in [1.807, 2.05) is 0 Å². The summed E-state index contributed by atoms with van der Waals surface area (Å²) in [5.74, 6) is -1.12. The largest absolute Gasteiger partial charge is 0.452 e. The summed E-state index contributed by atoms with van der Waals surface area (Å²) in [5, 5.41) is 10.9. The third kappa shape index (κ3) is 5.16. The predicted molar refractivity (Wildman–Crippen MR) is 109 cm³/mol. The SMILES string of the molecule is Cc1cc(C(=O)OCC(=O)N(C2CCCCC2)C2CCS(=O)(=O)C2)ccc1[N+](=O)[O-]. The Hall–Kier alpha value is -2.49. The number of nitrogens with zero attached hydrogens (tertiary/aromatic N) is 2. The number of esters is 1. The summed E-state index contributed by atoms with van der Waals surface area (Å²) in [6, 6.07) is 3.45. The van der Waals surface area contributed by atoms with Crippen molar-refractivity contribution in [3.05, 3.63) is 39.4 Å². The number of hydrogen-bond donors (Lipinski definition) is 0. The van der Waals surface area contributed by atoms with Gasteiger partial charge in [-0.05, 0) is 38.3 Å². The summed E-state index contributed by atoms with van der Waals surface area (Å²) < 4.78 is 29.1. The molecule has 0 N–H and O–H groups in total. The van der Waals surface area contributed by atoms with Gasteiger partial charge in [0.2, 0.25) is 0 Å². The first kappa shape index (κ1) is 22.2. The molecule has 164 valence electrons. The number of carbonyl (C=O) groups is 2. The second-order valence-electron chi connectivity index (χ2n) is 7.98. The van der Waals surface area contributed by atoms with Crippen LogP contribution in [0.5, 0.6) is 0 Å². The van der Waals surface area contributed by atoms with Gasteiger partial charge in [0.05, 0.1) is 22.0 Å². The van der Waals surface area contributed by atoms with Crippen LogP contribution in [0.1, 0.15) is 54.4 Å². The van der Waals surface area contributed by atoms with Crippen molar-refractivity contribution >= 4 is 27.4 Å². The quantitative estimate of drug-likeness (QED) is 0.379. The standard InChI is InChI=1S/C20H26N2O7S/c1-14-11-15(7-8-18(14)22(25)26)20(24)29-12-19(23)21(16-5-3-2-4-6-16)17-9-10-30(27,28)13-17/h7-8,11,16-17H,2-6,9-10,12-13H2,1H3. The molecule has 1 saturated carbocycles. The molecule has 1 aliphatic heterocycles. The molecule has 3 rings (SSSR count). The summed E-state index contributed by atoms with van der Waals surface area (Å²) in [7, 11) is -3.16. The minimum absolute atomic E-state index is 0.0372. The van der Waals surface area contributed by atoms with E-state index in [0.717, 1.165) is 32.1 Å². The molecule has 2 fully saturated rings. The second-order valence-corrected chi connectivity index (χ2v) is 10.2. The van der Waals surface area contributed by atoms with Crippen LogP contribution in [-0.2, 0) is 19.4 Å². The smallest absolute Gasteiger partial charge is 0.338 e. The van der Waals surface area contributed by atoms with Crippen LogP contribution in [0.3, 0.4) is 0 Å². The minimum Gasteiger partial charge on any atom is -0.452 e. The van der Waals surface area contributed by atoms with Gasteiger partial charge >= 0.3 is 5.97 Å². The molecule has 0 aromatic heterocycles. The molecule has 1 saturated heterocycles. The maximum atomic E-state index is 13.0. The van der Waals surface area contributed by atoms with E-state index in [1.54, 1.807) is 4.90 Å². The normalized spacial score (nSPS) is 21.2. The van der Waals surface area contributed by atoms with E-state index in [4.69, 9.17) is 4.74 Å². The van der Waals surface area contributed by atoms with Gasteiger partial charge in [-0.2, -0.15) is 0 Å². The number of hydrogen-bond acceptors (Lipinski definition) is 7. The number of sulfone groups is 1. The fourth-order valence-electron chi connectivity index (χ4n) is 4.33. The molecular formula is C20H26N2O7S. The molecule has 30 heavy (non-hydrogen) atoms. The number of rotatable bonds is 6. The molecule has 0 spiro atoms. The lowest BCUT2D eigenvalue weighted by Gasteiger charge is -2.38. The van der Waals surface area contributed by atoms with Crippen molar-refractivity contribution in [3.8, 4) is 0 Å². The van der Waals surface area contributed by atoms with Crippen LogP contribution in [0, 0.1) is 17.0 Å². The van der Waals surface area contributed by atoms with Crippen LogP contribution in [0.15, 0.2) is 18.2 Å². The van der Waals surface area contributed by atoms with Gasteiger partial charge in [-0.1, -0.05) is 19.3 Å². The van der Waals surface area contributed by atoms with E-state index in [1.165, 1.54) is 25.1 Å². The number of nitro groups is 1. The molecule has 0 radical (unpaired) electrons. The zero-order chi connectivity index (χ0) is 21.9. The first-order valence-corrected chi connectivity index (χ1v) is 11.9. The lowest BCUT2D eigenvalue weighted by Crippen LogP contribution is -2.50. The van der Waals surface area contributed by atoms with E-state index in [9.17, 15) is 28.1 Å². The van der Waals surface area contributed by atoms with Gasteiger partial charge < -0.3 is 9.64 Å². The molecule has 1 aromatic rings. The van der Waals surface area contributed by atoms with Crippen molar-refractivity contribution < 1.29 is 27.7 Å². The molecule has 1 atom stereocenters. The lowest BCUT2D eigenvalue weighted by molar-refractivity contribution is -0.385. The molecule has 2 aliphatic rings. The van der Waals surface area contributed by atoms with Crippen molar-refractivity contribution in [1.29, 1.82) is 0 Å². The molecular weight excluding hydrogens is 412 g/mol. The van der Waals surface area contributed by atoms with E-state index < -0.39 is 33.2 Å². The van der Waals surface area contributed by atoms with Crippen molar-refractivity contribution in [1.82, 2.24) is 4.90 Å². The molecule has 9 nitrogen and oxygen atoms in total. The minimum atomic E-state index is -3.16. The third-order valence-corrected chi connectivity index (χ3v) is 7.56. The first-order valence-electron chi connectivity index (χ1n) is 10.1. The van der Waals surface area contributed by atoms with Gasteiger partial charge in [-0.15, -0.1) is 0 Å². The van der Waals surface area contributed by atoms with Gasteiger partial charge in [0, 0.05) is 23.7 Å². The average Bonchev–Trinajstić information content (AvgIpc) is 3.06. The number of benzene rings is 1. The Labute approximate surface area is 175 Å². The zero-order valence-corrected chi connectivity index (χ0v) is 17.7. The lowest BCUT2D eigenvalue weighted by atomic mass is 9.93. The van der Waals surface area contributed by atoms with Crippen LogP contribution in [-0.4, -0.2) is 60.3 Å². The summed E-state index contributed by atoms with van der Waals surface area (Å²) in [5.41, 5.74) is 0.341. The Balaban J connectivity index is 1.68. The molecule has 0 bridgehead atoms. The molecule has 1 amide bonds. The van der Waals surface area contributed by atoms with E-state index >= 15 is 0 Å². The van der Waals surface area contributed by atoms with Gasteiger partial charge in [0.15, 0.2) is 16.4 Å². The fourth-order valence-corrected chi connectivity index (χ4v) is 6.04. The third-order valence-electron chi connectivity index (χ3n) is 5.81. The molecule has 1 aromatic carbocycles. The number of aryl methyl sites for hydroxylation is 1. The van der Waals surface area contributed by atoms with Gasteiger partial charge in [0.1, 0.15) is 0 Å². The highest BCUT2D eigenvalue weighted by Gasteiger charge is 2.38. The average molecular weight is 439 g/mol. The number of ether oxygens (including phenoxy) is 1. The Morgan fingerprint density at radius 2 is 1.87 bits per heavy atom. The summed E-state index contributed by atoms with van der Waals surface area (Å²) in [4.78, 5) is 37.3. The van der Waals surface area contributed by atoms with Crippen molar-refractivity contribution in [2.24, 2.45) is 0 Å². The Bertz CT molecular complexity index is 938. The number of amides is 1. The highest BCUT2D eigenvalue weighted by atomic mass is 32.2. The maximum absolute atomic E-state index is 13.0. The first-order chi connectivity index (χ1) is 14.2. The molecule has 10 heteroatoms. The van der Waals surface area contributed by atoms with Crippen molar-refractivity contribution in [2.75, 3.05) is 18.1 Å². The van der Waals surface area contributed by atoms with Crippen molar-refractivity contribution in [2.45, 2.75) is 57.5 Å². The summed E-state index contributed by atoms with van der Waals surface area (Å²) in [6.07, 6.45) is 5.09. The Kier molecular flexibility index (Phi) is 6.74. The van der Waals surface area contributed by atoms with E-state index in [2.05, 4.69) is 0 Å².